The van der Waals surface area contributed by atoms with Gasteiger partial charge in [0.25, 0.3) is 0 Å². The summed E-state index contributed by atoms with van der Waals surface area (Å²) in [7, 11) is 0. The highest BCUT2D eigenvalue weighted by Gasteiger charge is 2.24. The molecule has 3 nitrogen and oxygen atoms in total. The highest BCUT2D eigenvalue weighted by Crippen LogP contribution is 2.37. The first-order valence-corrected chi connectivity index (χ1v) is 8.81. The summed E-state index contributed by atoms with van der Waals surface area (Å²) in [5, 5.41) is 0.562. The molecular formula is C19H16Cl2F2N2O. The van der Waals surface area contributed by atoms with Gasteiger partial charge in [-0.15, -0.1) is 0 Å². The minimum absolute atomic E-state index is 0.0116. The van der Waals surface area contributed by atoms with Crippen LogP contribution in [0.2, 0.25) is 10.2 Å². The third kappa shape index (κ3) is 3.55. The third-order valence-electron chi connectivity index (χ3n) is 3.81. The Bertz CT molecular complexity index is 916. The summed E-state index contributed by atoms with van der Waals surface area (Å²) < 4.78 is 36.4. The van der Waals surface area contributed by atoms with Crippen molar-refractivity contribution >= 4 is 23.2 Å². The lowest BCUT2D eigenvalue weighted by atomic mass is 10.1. The lowest BCUT2D eigenvalue weighted by Gasteiger charge is -2.14. The van der Waals surface area contributed by atoms with Crippen LogP contribution in [-0.2, 0) is 0 Å². The molecule has 0 atom stereocenters. The molecule has 0 unspecified atom stereocenters. The number of hydrogen-bond donors (Lipinski definition) is 0. The molecule has 0 aliphatic rings. The normalized spacial score (nSPS) is 11.0. The first kappa shape index (κ1) is 18.7. The molecule has 1 aromatic heterocycles. The van der Waals surface area contributed by atoms with E-state index in [1.807, 2.05) is 6.92 Å². The maximum Gasteiger partial charge on any atom is 0.155 e. The van der Waals surface area contributed by atoms with Crippen LogP contribution < -0.4 is 4.74 Å². The molecule has 26 heavy (non-hydrogen) atoms. The molecule has 0 fully saturated rings. The minimum atomic E-state index is -0.770. The summed E-state index contributed by atoms with van der Waals surface area (Å²) in [5.41, 5.74) is 0.532. The molecule has 0 bridgehead atoms. The number of ether oxygens (including phenoxy) is 1. The molecule has 0 radical (unpaired) electrons. The van der Waals surface area contributed by atoms with Gasteiger partial charge in [0, 0.05) is 22.8 Å². The molecule has 3 rings (SSSR count). The molecule has 0 saturated carbocycles. The number of aromatic nitrogens is 2. The van der Waals surface area contributed by atoms with Gasteiger partial charge in [-0.2, -0.15) is 0 Å². The van der Waals surface area contributed by atoms with Crippen molar-refractivity contribution in [1.82, 2.24) is 9.55 Å². The average Bonchev–Trinajstić information content (AvgIpc) is 2.87. The number of hydrogen-bond acceptors (Lipinski definition) is 2. The van der Waals surface area contributed by atoms with Crippen molar-refractivity contribution in [1.29, 1.82) is 0 Å². The van der Waals surface area contributed by atoms with E-state index in [4.69, 9.17) is 27.9 Å². The fraction of sp³-hybridized carbons (Fsp3) is 0.211. The number of imidazole rings is 1. The quantitative estimate of drug-likeness (QED) is 0.511. The van der Waals surface area contributed by atoms with Crippen molar-refractivity contribution in [3.63, 3.8) is 0 Å². The van der Waals surface area contributed by atoms with Crippen molar-refractivity contribution in [2.45, 2.75) is 20.3 Å². The van der Waals surface area contributed by atoms with Crippen molar-refractivity contribution in [2.24, 2.45) is 0 Å². The van der Waals surface area contributed by atoms with Crippen LogP contribution in [0.15, 0.2) is 36.4 Å². The fourth-order valence-corrected chi connectivity index (χ4v) is 3.13. The molecule has 0 N–H and O–H groups in total. The van der Waals surface area contributed by atoms with E-state index in [9.17, 15) is 8.78 Å². The van der Waals surface area contributed by atoms with Crippen LogP contribution in [0, 0.1) is 18.6 Å². The van der Waals surface area contributed by atoms with Crippen LogP contribution in [0.5, 0.6) is 5.75 Å². The highest BCUT2D eigenvalue weighted by atomic mass is 35.5. The molecule has 0 saturated heterocycles. The van der Waals surface area contributed by atoms with Gasteiger partial charge in [-0.05, 0) is 37.6 Å². The second-order valence-electron chi connectivity index (χ2n) is 5.72. The second-order valence-corrected chi connectivity index (χ2v) is 6.52. The van der Waals surface area contributed by atoms with E-state index in [0.717, 1.165) is 18.6 Å². The summed E-state index contributed by atoms with van der Waals surface area (Å²) in [5.74, 6) is -0.908. The first-order valence-electron chi connectivity index (χ1n) is 8.05. The van der Waals surface area contributed by atoms with Crippen LogP contribution in [0.4, 0.5) is 8.78 Å². The largest absolute Gasteiger partial charge is 0.493 e. The number of halogens is 4. The van der Waals surface area contributed by atoms with Gasteiger partial charge in [-0.1, -0.05) is 30.1 Å². The summed E-state index contributed by atoms with van der Waals surface area (Å²) in [6.07, 6.45) is 0.735. The average molecular weight is 397 g/mol. The molecule has 7 heteroatoms. The Hall–Kier alpha value is -2.11. The predicted molar refractivity (Wildman–Crippen MR) is 99.5 cm³/mol. The Morgan fingerprint density at radius 1 is 1.08 bits per heavy atom. The van der Waals surface area contributed by atoms with Gasteiger partial charge in [0.05, 0.1) is 17.9 Å². The SMILES string of the molecule is CCCOc1cc(F)c(-c2c(Cl)nc(C)n2-c2ccc(Cl)cc2)c(F)c1. The van der Waals surface area contributed by atoms with Gasteiger partial charge >= 0.3 is 0 Å². The number of benzene rings is 2. The topological polar surface area (TPSA) is 27.1 Å². The summed E-state index contributed by atoms with van der Waals surface area (Å²) in [6.45, 7) is 3.99. The molecule has 1 heterocycles. The van der Waals surface area contributed by atoms with E-state index in [1.54, 1.807) is 35.8 Å². The zero-order valence-corrected chi connectivity index (χ0v) is 15.7. The number of aryl methyl sites for hydroxylation is 1. The van der Waals surface area contributed by atoms with Crippen LogP contribution in [0.1, 0.15) is 19.2 Å². The first-order chi connectivity index (χ1) is 12.4. The molecule has 0 aliphatic heterocycles. The maximum absolute atomic E-state index is 14.7. The number of nitrogens with zero attached hydrogens (tertiary/aromatic N) is 2. The van der Waals surface area contributed by atoms with Gasteiger partial charge in [-0.3, -0.25) is 4.57 Å². The maximum atomic E-state index is 14.7. The summed E-state index contributed by atoms with van der Waals surface area (Å²) in [4.78, 5) is 4.17. The molecule has 2 aromatic carbocycles. The van der Waals surface area contributed by atoms with E-state index in [2.05, 4.69) is 4.98 Å². The lowest BCUT2D eigenvalue weighted by molar-refractivity contribution is 0.314. The van der Waals surface area contributed by atoms with Crippen LogP contribution in [0.25, 0.3) is 16.9 Å². The fourth-order valence-electron chi connectivity index (χ4n) is 2.70. The van der Waals surface area contributed by atoms with Crippen molar-refractivity contribution in [3.8, 4) is 22.7 Å². The van der Waals surface area contributed by atoms with Gasteiger partial charge in [0.2, 0.25) is 0 Å². The zero-order valence-electron chi connectivity index (χ0n) is 14.2. The van der Waals surface area contributed by atoms with Gasteiger partial charge in [-0.25, -0.2) is 13.8 Å². The van der Waals surface area contributed by atoms with E-state index in [1.165, 1.54) is 0 Å². The Morgan fingerprint density at radius 2 is 1.69 bits per heavy atom. The van der Waals surface area contributed by atoms with Crippen LogP contribution in [0.3, 0.4) is 0 Å². The molecule has 0 aliphatic carbocycles. The van der Waals surface area contributed by atoms with E-state index < -0.39 is 11.6 Å². The van der Waals surface area contributed by atoms with Crippen molar-refractivity contribution in [2.75, 3.05) is 6.61 Å². The lowest BCUT2D eigenvalue weighted by Crippen LogP contribution is -2.03. The standard InChI is InChI=1S/C19H16Cl2F2N2O/c1-3-8-26-14-9-15(22)17(16(23)10-14)18-19(21)24-11(2)25(18)13-6-4-12(20)5-7-13/h4-7,9-10H,3,8H2,1-2H3. The Morgan fingerprint density at radius 3 is 2.27 bits per heavy atom. The second kappa shape index (κ2) is 7.64. The van der Waals surface area contributed by atoms with Crippen molar-refractivity contribution < 1.29 is 13.5 Å². The van der Waals surface area contributed by atoms with Gasteiger partial charge < -0.3 is 4.74 Å². The van der Waals surface area contributed by atoms with E-state index >= 15 is 0 Å². The highest BCUT2D eigenvalue weighted by molar-refractivity contribution is 6.32. The Kier molecular flexibility index (Phi) is 5.49. The summed E-state index contributed by atoms with van der Waals surface area (Å²) >= 11 is 12.1. The smallest absolute Gasteiger partial charge is 0.155 e. The third-order valence-corrected chi connectivity index (χ3v) is 4.33. The molecule has 0 spiro atoms. The van der Waals surface area contributed by atoms with E-state index in [-0.39, 0.29) is 22.2 Å². The molecular weight excluding hydrogens is 381 g/mol. The van der Waals surface area contributed by atoms with E-state index in [0.29, 0.717) is 23.1 Å². The zero-order chi connectivity index (χ0) is 18.8. The molecule has 0 amide bonds. The Balaban J connectivity index is 2.17. The summed E-state index contributed by atoms with van der Waals surface area (Å²) in [6, 6.07) is 9.12. The number of rotatable bonds is 5. The molecule has 3 aromatic rings. The molecule has 136 valence electrons. The Labute approximate surface area is 160 Å². The predicted octanol–water partition coefficient (Wildman–Crippen LogP) is 6.22. The van der Waals surface area contributed by atoms with Crippen molar-refractivity contribution in [3.05, 3.63) is 64.0 Å². The van der Waals surface area contributed by atoms with Crippen LogP contribution in [-0.4, -0.2) is 16.2 Å². The monoisotopic (exact) mass is 396 g/mol. The minimum Gasteiger partial charge on any atom is -0.493 e. The van der Waals surface area contributed by atoms with Gasteiger partial charge in [0.1, 0.15) is 23.2 Å². The van der Waals surface area contributed by atoms with Crippen LogP contribution >= 0.6 is 23.2 Å². The van der Waals surface area contributed by atoms with Gasteiger partial charge in [0.15, 0.2) is 5.15 Å².